The third-order valence-electron chi connectivity index (χ3n) is 2.32. The molecule has 1 heterocycles. The summed E-state index contributed by atoms with van der Waals surface area (Å²) in [5, 5.41) is 2.91. The number of nitrogens with one attached hydrogen (secondary N) is 1. The summed E-state index contributed by atoms with van der Waals surface area (Å²) in [4.78, 5) is 3.27. The van der Waals surface area contributed by atoms with Gasteiger partial charge in [0.2, 0.25) is 0 Å². The predicted molar refractivity (Wildman–Crippen MR) is 69.8 cm³/mol. The molecular weight excluding hydrogens is 263 g/mol. The van der Waals surface area contributed by atoms with E-state index in [0.29, 0.717) is 12.2 Å². The van der Waals surface area contributed by atoms with Gasteiger partial charge in [-0.25, -0.2) is 4.98 Å². The summed E-state index contributed by atoms with van der Waals surface area (Å²) in [6, 6.07) is 0.948. The van der Waals surface area contributed by atoms with Crippen molar-refractivity contribution in [2.24, 2.45) is 0 Å². The van der Waals surface area contributed by atoms with Gasteiger partial charge in [0.1, 0.15) is 5.69 Å². The topological polar surface area (TPSA) is 50.9 Å². The highest BCUT2D eigenvalue weighted by atomic mass is 32.2. The van der Waals surface area contributed by atoms with Crippen molar-refractivity contribution in [2.75, 3.05) is 29.6 Å². The summed E-state index contributed by atoms with van der Waals surface area (Å²) in [6.07, 6.45) is 0.523. The van der Waals surface area contributed by atoms with E-state index in [1.807, 2.05) is 6.26 Å². The van der Waals surface area contributed by atoms with Crippen molar-refractivity contribution < 1.29 is 13.2 Å². The van der Waals surface area contributed by atoms with Gasteiger partial charge in [-0.15, -0.1) is 0 Å². The number of thioether (sulfide) groups is 1. The first kappa shape index (κ1) is 14.9. The molecule has 0 spiro atoms. The van der Waals surface area contributed by atoms with E-state index < -0.39 is 11.9 Å². The Hall–Kier alpha value is -1.11. The van der Waals surface area contributed by atoms with Crippen LogP contribution in [0.3, 0.4) is 0 Å². The first-order chi connectivity index (χ1) is 8.45. The minimum Gasteiger partial charge on any atom is -0.396 e. The van der Waals surface area contributed by atoms with Crippen LogP contribution in [0.25, 0.3) is 0 Å². The van der Waals surface area contributed by atoms with E-state index in [-0.39, 0.29) is 5.69 Å². The Labute approximate surface area is 108 Å². The van der Waals surface area contributed by atoms with Gasteiger partial charge in [-0.3, -0.25) is 0 Å². The summed E-state index contributed by atoms with van der Waals surface area (Å²) < 4.78 is 37.4. The number of unbranched alkanes of at least 4 members (excludes halogenated alkanes) is 1. The zero-order chi connectivity index (χ0) is 13.6. The summed E-state index contributed by atoms with van der Waals surface area (Å²) in [5.41, 5.74) is 5.17. The number of rotatable bonds is 6. The molecule has 0 atom stereocenters. The molecule has 1 aromatic rings. The second-order valence-corrected chi connectivity index (χ2v) is 4.77. The van der Waals surface area contributed by atoms with Gasteiger partial charge >= 0.3 is 6.18 Å². The number of hydrogen-bond acceptors (Lipinski definition) is 4. The fourth-order valence-corrected chi connectivity index (χ4v) is 1.86. The number of halogens is 3. The molecule has 7 heteroatoms. The lowest BCUT2D eigenvalue weighted by Crippen LogP contribution is -2.11. The molecule has 0 saturated heterocycles. The largest absolute Gasteiger partial charge is 0.433 e. The summed E-state index contributed by atoms with van der Waals surface area (Å²) in [6.45, 7) is 0.603. The minimum absolute atomic E-state index is 0.230. The Kier molecular flexibility index (Phi) is 5.58. The van der Waals surface area contributed by atoms with E-state index >= 15 is 0 Å². The summed E-state index contributed by atoms with van der Waals surface area (Å²) in [5.74, 6) is 1.04. The maximum atomic E-state index is 12.5. The maximum absolute atomic E-state index is 12.5. The van der Waals surface area contributed by atoms with Crippen molar-refractivity contribution in [3.8, 4) is 0 Å². The molecule has 3 N–H and O–H groups in total. The molecule has 1 aromatic heterocycles. The smallest absolute Gasteiger partial charge is 0.396 e. The second kappa shape index (κ2) is 6.72. The van der Waals surface area contributed by atoms with Crippen LogP contribution in [0.1, 0.15) is 18.5 Å². The predicted octanol–water partition coefficient (Wildman–Crippen LogP) is 3.24. The molecule has 3 nitrogen and oxygen atoms in total. The van der Waals surface area contributed by atoms with Crippen LogP contribution >= 0.6 is 11.8 Å². The van der Waals surface area contributed by atoms with Gasteiger partial charge in [-0.05, 0) is 30.9 Å². The SMILES string of the molecule is CSCCCCNc1cc(C(F)(F)F)ncc1N. The number of hydrogen-bond donors (Lipinski definition) is 2. The third-order valence-corrected chi connectivity index (χ3v) is 3.01. The monoisotopic (exact) mass is 279 g/mol. The number of pyridine rings is 1. The second-order valence-electron chi connectivity index (χ2n) is 3.78. The molecule has 0 amide bonds. The fraction of sp³-hybridized carbons (Fsp3) is 0.545. The zero-order valence-electron chi connectivity index (χ0n) is 10.0. The number of anilines is 2. The van der Waals surface area contributed by atoms with Crippen LogP contribution in [-0.4, -0.2) is 23.5 Å². The number of nitrogen functional groups attached to an aromatic ring is 1. The van der Waals surface area contributed by atoms with Gasteiger partial charge in [0.05, 0.1) is 17.6 Å². The highest BCUT2D eigenvalue weighted by Crippen LogP contribution is 2.30. The van der Waals surface area contributed by atoms with Crippen molar-refractivity contribution in [3.63, 3.8) is 0 Å². The fourth-order valence-electron chi connectivity index (χ4n) is 1.37. The van der Waals surface area contributed by atoms with Crippen LogP contribution in [0.4, 0.5) is 24.5 Å². The lowest BCUT2D eigenvalue weighted by atomic mass is 10.2. The van der Waals surface area contributed by atoms with E-state index in [1.165, 1.54) is 0 Å². The molecule has 0 unspecified atom stereocenters. The Balaban J connectivity index is 2.59. The number of alkyl halides is 3. The Morgan fingerprint density at radius 3 is 2.72 bits per heavy atom. The van der Waals surface area contributed by atoms with Crippen molar-refractivity contribution in [1.29, 1.82) is 0 Å². The molecule has 0 aliphatic rings. The van der Waals surface area contributed by atoms with Crippen LogP contribution in [0.15, 0.2) is 12.3 Å². The minimum atomic E-state index is -4.44. The molecule has 0 bridgehead atoms. The molecule has 0 aliphatic carbocycles. The normalized spacial score (nSPS) is 11.6. The van der Waals surface area contributed by atoms with E-state index in [9.17, 15) is 13.2 Å². The Bertz CT molecular complexity index is 382. The molecular formula is C11H16F3N3S. The van der Waals surface area contributed by atoms with Crippen LogP contribution in [0, 0.1) is 0 Å². The zero-order valence-corrected chi connectivity index (χ0v) is 10.9. The molecule has 0 radical (unpaired) electrons. The van der Waals surface area contributed by atoms with E-state index in [4.69, 9.17) is 5.73 Å². The van der Waals surface area contributed by atoms with Gasteiger partial charge in [0, 0.05) is 6.54 Å². The van der Waals surface area contributed by atoms with Crippen LogP contribution in [-0.2, 0) is 6.18 Å². The molecule has 102 valence electrons. The molecule has 0 saturated carbocycles. The highest BCUT2D eigenvalue weighted by molar-refractivity contribution is 7.98. The average molecular weight is 279 g/mol. The number of aromatic nitrogens is 1. The first-order valence-electron chi connectivity index (χ1n) is 5.50. The summed E-state index contributed by atoms with van der Waals surface area (Å²) in [7, 11) is 0. The Morgan fingerprint density at radius 1 is 1.39 bits per heavy atom. The number of nitrogens with zero attached hydrogens (tertiary/aromatic N) is 1. The molecule has 0 aromatic carbocycles. The van der Waals surface area contributed by atoms with E-state index in [0.717, 1.165) is 30.9 Å². The standard InChI is InChI=1S/C11H16F3N3S/c1-18-5-3-2-4-16-9-6-10(11(12,13)14)17-7-8(9)15/h6-7H,2-5,15H2,1H3,(H,16,17). The molecule has 1 rings (SSSR count). The van der Waals surface area contributed by atoms with Gasteiger partial charge in [0.25, 0.3) is 0 Å². The van der Waals surface area contributed by atoms with E-state index in [2.05, 4.69) is 10.3 Å². The van der Waals surface area contributed by atoms with Crippen LogP contribution in [0.2, 0.25) is 0 Å². The quantitative estimate of drug-likeness (QED) is 0.785. The van der Waals surface area contributed by atoms with Crippen molar-refractivity contribution >= 4 is 23.1 Å². The van der Waals surface area contributed by atoms with Crippen LogP contribution in [0.5, 0.6) is 0 Å². The lowest BCUT2D eigenvalue weighted by Gasteiger charge is -2.12. The molecule has 18 heavy (non-hydrogen) atoms. The first-order valence-corrected chi connectivity index (χ1v) is 6.90. The van der Waals surface area contributed by atoms with Gasteiger partial charge < -0.3 is 11.1 Å². The van der Waals surface area contributed by atoms with Gasteiger partial charge in [-0.2, -0.15) is 24.9 Å². The molecule has 0 aliphatic heterocycles. The van der Waals surface area contributed by atoms with Gasteiger partial charge in [0.15, 0.2) is 0 Å². The molecule has 0 fully saturated rings. The Morgan fingerprint density at radius 2 is 2.11 bits per heavy atom. The number of nitrogens with two attached hydrogens (primary N) is 1. The maximum Gasteiger partial charge on any atom is 0.433 e. The highest BCUT2D eigenvalue weighted by Gasteiger charge is 2.32. The van der Waals surface area contributed by atoms with Crippen molar-refractivity contribution in [2.45, 2.75) is 19.0 Å². The summed E-state index contributed by atoms with van der Waals surface area (Å²) >= 11 is 1.75. The van der Waals surface area contributed by atoms with Crippen molar-refractivity contribution in [1.82, 2.24) is 4.98 Å². The lowest BCUT2D eigenvalue weighted by molar-refractivity contribution is -0.141. The van der Waals surface area contributed by atoms with E-state index in [1.54, 1.807) is 11.8 Å². The van der Waals surface area contributed by atoms with Crippen LogP contribution < -0.4 is 11.1 Å². The van der Waals surface area contributed by atoms with Gasteiger partial charge in [-0.1, -0.05) is 0 Å². The third kappa shape index (κ3) is 4.64. The van der Waals surface area contributed by atoms with Crippen molar-refractivity contribution in [3.05, 3.63) is 18.0 Å². The average Bonchev–Trinajstić information content (AvgIpc) is 2.29.